The molecule has 13 heavy (non-hydrogen) atoms. The Labute approximate surface area is 86.2 Å². The first-order chi connectivity index (χ1) is 6.15. The van der Waals surface area contributed by atoms with Crippen LogP contribution in [0.5, 0.6) is 5.75 Å². The summed E-state index contributed by atoms with van der Waals surface area (Å²) in [6, 6.07) is 3.73. The van der Waals surface area contributed by atoms with E-state index in [-0.39, 0.29) is 0 Å². The first-order valence-electron chi connectivity index (χ1n) is 4.01. The third kappa shape index (κ3) is 2.57. The fourth-order valence-corrected chi connectivity index (χ4v) is 1.67. The number of hydrogen-bond acceptors (Lipinski definition) is 2. The fraction of sp³-hybridized carbons (Fsp3) is 0.200. The Morgan fingerprint density at radius 3 is 2.85 bits per heavy atom. The molecule has 2 nitrogen and oxygen atoms in total. The summed E-state index contributed by atoms with van der Waals surface area (Å²) in [6.45, 7) is 2.34. The number of aromatic hydroxyl groups is 1. The average molecular weight is 242 g/mol. The van der Waals surface area contributed by atoms with Crippen LogP contribution in [0.15, 0.2) is 22.7 Å². The van der Waals surface area contributed by atoms with E-state index in [4.69, 9.17) is 5.73 Å². The Hall–Kier alpha value is -0.800. The SMILES string of the molecule is Cc1cc(Br)cc(/C=C/CN)c1O. The predicted molar refractivity (Wildman–Crippen MR) is 58.6 cm³/mol. The Morgan fingerprint density at radius 2 is 2.23 bits per heavy atom. The highest BCUT2D eigenvalue weighted by Gasteiger charge is 2.02. The van der Waals surface area contributed by atoms with E-state index in [0.717, 1.165) is 15.6 Å². The maximum Gasteiger partial charge on any atom is 0.125 e. The van der Waals surface area contributed by atoms with Crippen molar-refractivity contribution in [3.8, 4) is 5.75 Å². The zero-order chi connectivity index (χ0) is 9.84. The summed E-state index contributed by atoms with van der Waals surface area (Å²) < 4.78 is 0.958. The number of benzene rings is 1. The first kappa shape index (κ1) is 10.3. The smallest absolute Gasteiger partial charge is 0.125 e. The lowest BCUT2D eigenvalue weighted by molar-refractivity contribution is 0.469. The molecule has 3 N–H and O–H groups in total. The van der Waals surface area contributed by atoms with Crippen LogP contribution >= 0.6 is 15.9 Å². The molecular formula is C10H12BrNO. The van der Waals surface area contributed by atoms with E-state index >= 15 is 0 Å². The standard InChI is InChI=1S/C10H12BrNO/c1-7-5-9(11)6-8(10(7)13)3-2-4-12/h2-3,5-6,13H,4,12H2,1H3/b3-2+. The molecule has 3 heteroatoms. The van der Waals surface area contributed by atoms with Crippen molar-refractivity contribution in [2.45, 2.75) is 6.92 Å². The highest BCUT2D eigenvalue weighted by atomic mass is 79.9. The summed E-state index contributed by atoms with van der Waals surface area (Å²) in [5.74, 6) is 0.313. The van der Waals surface area contributed by atoms with Crippen molar-refractivity contribution in [1.82, 2.24) is 0 Å². The van der Waals surface area contributed by atoms with Crippen molar-refractivity contribution in [1.29, 1.82) is 0 Å². The minimum atomic E-state index is 0.313. The molecule has 0 spiro atoms. The molecule has 0 amide bonds. The summed E-state index contributed by atoms with van der Waals surface area (Å²) in [7, 11) is 0. The maximum atomic E-state index is 9.64. The molecule has 1 rings (SSSR count). The minimum Gasteiger partial charge on any atom is -0.507 e. The van der Waals surface area contributed by atoms with Gasteiger partial charge in [-0.3, -0.25) is 0 Å². The minimum absolute atomic E-state index is 0.313. The van der Waals surface area contributed by atoms with Crippen molar-refractivity contribution >= 4 is 22.0 Å². The molecule has 0 aliphatic rings. The van der Waals surface area contributed by atoms with Gasteiger partial charge in [0.05, 0.1) is 0 Å². The number of hydrogen-bond donors (Lipinski definition) is 2. The van der Waals surface area contributed by atoms with Crippen molar-refractivity contribution in [3.05, 3.63) is 33.8 Å². The lowest BCUT2D eigenvalue weighted by Gasteiger charge is -2.03. The molecule has 70 valence electrons. The number of rotatable bonds is 2. The monoisotopic (exact) mass is 241 g/mol. The second-order valence-electron chi connectivity index (χ2n) is 2.80. The Balaban J connectivity index is 3.12. The van der Waals surface area contributed by atoms with Crippen LogP contribution in [0, 0.1) is 6.92 Å². The summed E-state index contributed by atoms with van der Waals surface area (Å²) in [5, 5.41) is 9.64. The van der Waals surface area contributed by atoms with E-state index in [2.05, 4.69) is 15.9 Å². The highest BCUT2D eigenvalue weighted by molar-refractivity contribution is 9.10. The van der Waals surface area contributed by atoms with Crippen molar-refractivity contribution < 1.29 is 5.11 Å². The Morgan fingerprint density at radius 1 is 1.54 bits per heavy atom. The van der Waals surface area contributed by atoms with Crippen molar-refractivity contribution in [3.63, 3.8) is 0 Å². The quantitative estimate of drug-likeness (QED) is 0.836. The van der Waals surface area contributed by atoms with E-state index < -0.39 is 0 Å². The van der Waals surface area contributed by atoms with E-state index in [1.165, 1.54) is 0 Å². The van der Waals surface area contributed by atoms with Crippen LogP contribution in [0.4, 0.5) is 0 Å². The topological polar surface area (TPSA) is 46.2 Å². The maximum absolute atomic E-state index is 9.64. The summed E-state index contributed by atoms with van der Waals surface area (Å²) in [4.78, 5) is 0. The molecule has 0 aromatic heterocycles. The largest absolute Gasteiger partial charge is 0.507 e. The molecule has 1 aromatic rings. The molecule has 0 heterocycles. The van der Waals surface area contributed by atoms with Gasteiger partial charge in [0.1, 0.15) is 5.75 Å². The molecule has 0 saturated carbocycles. The van der Waals surface area contributed by atoms with E-state index in [1.54, 1.807) is 6.08 Å². The van der Waals surface area contributed by atoms with Gasteiger partial charge in [-0.25, -0.2) is 0 Å². The molecule has 0 bridgehead atoms. The normalized spacial score (nSPS) is 11.0. The third-order valence-electron chi connectivity index (χ3n) is 1.73. The number of phenols is 1. The van der Waals surface area contributed by atoms with Gasteiger partial charge in [0.15, 0.2) is 0 Å². The second-order valence-corrected chi connectivity index (χ2v) is 3.71. The summed E-state index contributed by atoms with van der Waals surface area (Å²) in [5.41, 5.74) is 6.96. The van der Waals surface area contributed by atoms with Gasteiger partial charge >= 0.3 is 0 Å². The first-order valence-corrected chi connectivity index (χ1v) is 4.80. The lowest BCUT2D eigenvalue weighted by atomic mass is 10.1. The van der Waals surface area contributed by atoms with Gasteiger partial charge < -0.3 is 10.8 Å². The van der Waals surface area contributed by atoms with Crippen LogP contribution in [-0.2, 0) is 0 Å². The van der Waals surface area contributed by atoms with Crippen LogP contribution < -0.4 is 5.73 Å². The molecule has 0 saturated heterocycles. The third-order valence-corrected chi connectivity index (χ3v) is 2.19. The van der Waals surface area contributed by atoms with Gasteiger partial charge in [-0.15, -0.1) is 0 Å². The number of phenolic OH excluding ortho intramolecular Hbond substituents is 1. The molecular weight excluding hydrogens is 230 g/mol. The van der Waals surface area contributed by atoms with Gasteiger partial charge in [-0.2, -0.15) is 0 Å². The lowest BCUT2D eigenvalue weighted by Crippen LogP contribution is -1.92. The van der Waals surface area contributed by atoms with Crippen LogP contribution in [0.3, 0.4) is 0 Å². The molecule has 0 radical (unpaired) electrons. The molecule has 1 aromatic carbocycles. The summed E-state index contributed by atoms with van der Waals surface area (Å²) >= 11 is 3.36. The van der Waals surface area contributed by atoms with Crippen LogP contribution in [0.1, 0.15) is 11.1 Å². The van der Waals surface area contributed by atoms with Gasteiger partial charge in [-0.1, -0.05) is 28.1 Å². The molecule has 0 aliphatic heterocycles. The molecule has 0 fully saturated rings. The fourth-order valence-electron chi connectivity index (χ4n) is 1.08. The average Bonchev–Trinajstić information content (AvgIpc) is 2.09. The predicted octanol–water partition coefficient (Wildman–Crippen LogP) is 2.44. The zero-order valence-electron chi connectivity index (χ0n) is 7.42. The van der Waals surface area contributed by atoms with Crippen LogP contribution in [0.2, 0.25) is 0 Å². The molecule has 0 unspecified atom stereocenters. The van der Waals surface area contributed by atoms with Gasteiger partial charge in [0.25, 0.3) is 0 Å². The Bertz CT molecular complexity index is 334. The van der Waals surface area contributed by atoms with Crippen LogP contribution in [-0.4, -0.2) is 11.7 Å². The van der Waals surface area contributed by atoms with Crippen molar-refractivity contribution in [2.24, 2.45) is 5.73 Å². The number of nitrogens with two attached hydrogens (primary N) is 1. The van der Waals surface area contributed by atoms with Gasteiger partial charge in [-0.05, 0) is 24.6 Å². The molecule has 0 atom stereocenters. The number of aryl methyl sites for hydroxylation is 1. The van der Waals surface area contributed by atoms with Crippen LogP contribution in [0.25, 0.3) is 6.08 Å². The highest BCUT2D eigenvalue weighted by Crippen LogP contribution is 2.27. The summed E-state index contributed by atoms with van der Waals surface area (Å²) in [6.07, 6.45) is 3.62. The second kappa shape index (κ2) is 4.44. The molecule has 0 aliphatic carbocycles. The van der Waals surface area contributed by atoms with E-state index in [1.807, 2.05) is 25.1 Å². The van der Waals surface area contributed by atoms with Gasteiger partial charge in [0.2, 0.25) is 0 Å². The van der Waals surface area contributed by atoms with E-state index in [9.17, 15) is 5.11 Å². The van der Waals surface area contributed by atoms with Crippen molar-refractivity contribution in [2.75, 3.05) is 6.54 Å². The Kier molecular flexibility index (Phi) is 3.51. The number of halogens is 1. The van der Waals surface area contributed by atoms with E-state index in [0.29, 0.717) is 12.3 Å². The van der Waals surface area contributed by atoms with Gasteiger partial charge in [0, 0.05) is 16.6 Å². The zero-order valence-corrected chi connectivity index (χ0v) is 9.01.